The normalized spacial score (nSPS) is 11.3. The molecule has 0 saturated heterocycles. The molecule has 1 amide bonds. The SMILES string of the molecule is COC(=O)[C@@H](Cc1ccccc1)Nc1nnc(NC(=O)c2ccc3cccnc3c2O)s1.Cl. The maximum atomic E-state index is 12.7. The number of hydrogen-bond acceptors (Lipinski definition) is 9. The number of benzene rings is 2. The first-order valence-corrected chi connectivity index (χ1v) is 10.5. The molecule has 0 bridgehead atoms. The lowest BCUT2D eigenvalue weighted by Gasteiger charge is -2.15. The molecule has 1 atom stereocenters. The number of hydrogen-bond donors (Lipinski definition) is 3. The van der Waals surface area contributed by atoms with Crippen LogP contribution in [0.3, 0.4) is 0 Å². The Hall–Kier alpha value is -3.76. The summed E-state index contributed by atoms with van der Waals surface area (Å²) in [6.45, 7) is 0. The lowest BCUT2D eigenvalue weighted by Crippen LogP contribution is -2.32. The molecule has 4 aromatic rings. The first-order valence-electron chi connectivity index (χ1n) is 9.65. The molecular weight excluding hydrogens is 466 g/mol. The molecule has 0 spiro atoms. The van der Waals surface area contributed by atoms with E-state index in [0.717, 1.165) is 22.3 Å². The number of aromatic hydroxyl groups is 1. The Morgan fingerprint density at radius 1 is 1.06 bits per heavy atom. The van der Waals surface area contributed by atoms with E-state index in [4.69, 9.17) is 4.74 Å². The molecule has 0 aliphatic heterocycles. The summed E-state index contributed by atoms with van der Waals surface area (Å²) in [6, 6.07) is 15.6. The second-order valence-corrected chi connectivity index (χ2v) is 7.79. The Kier molecular flexibility index (Phi) is 7.75. The number of aromatic nitrogens is 3. The van der Waals surface area contributed by atoms with E-state index in [2.05, 4.69) is 25.8 Å². The summed E-state index contributed by atoms with van der Waals surface area (Å²) in [5, 5.41) is 25.3. The lowest BCUT2D eigenvalue weighted by atomic mass is 10.1. The van der Waals surface area contributed by atoms with Crippen molar-refractivity contribution >= 4 is 56.8 Å². The van der Waals surface area contributed by atoms with Gasteiger partial charge in [0.2, 0.25) is 10.3 Å². The molecule has 0 unspecified atom stereocenters. The molecular formula is C22H20ClN5O4S. The number of phenols is 1. The van der Waals surface area contributed by atoms with E-state index in [-0.39, 0.29) is 28.9 Å². The zero-order valence-corrected chi connectivity index (χ0v) is 19.0. The molecule has 9 nitrogen and oxygen atoms in total. The van der Waals surface area contributed by atoms with Crippen LogP contribution in [0.5, 0.6) is 5.75 Å². The molecule has 2 aromatic heterocycles. The maximum Gasteiger partial charge on any atom is 0.328 e. The van der Waals surface area contributed by atoms with Crippen LogP contribution in [-0.2, 0) is 16.0 Å². The third kappa shape index (κ3) is 5.54. The number of esters is 1. The zero-order valence-electron chi connectivity index (χ0n) is 17.4. The average Bonchev–Trinajstić information content (AvgIpc) is 3.25. The van der Waals surface area contributed by atoms with Gasteiger partial charge in [0, 0.05) is 18.0 Å². The summed E-state index contributed by atoms with van der Waals surface area (Å²) >= 11 is 1.06. The number of fused-ring (bicyclic) bond motifs is 1. The summed E-state index contributed by atoms with van der Waals surface area (Å²) in [5.41, 5.74) is 1.35. The van der Waals surface area contributed by atoms with Crippen LogP contribution in [0.15, 0.2) is 60.8 Å². The van der Waals surface area contributed by atoms with Gasteiger partial charge >= 0.3 is 5.97 Å². The standard InChI is InChI=1S/C22H19N5O4S.ClH/c1-31-20(30)16(12-13-6-3-2-4-7-13)24-21-26-27-22(32-21)25-19(29)15-10-9-14-8-5-11-23-17(14)18(15)28;/h2-11,16,28H,12H2,1H3,(H,24,26)(H,25,27,29);1H/t16-;/m1./s1. The summed E-state index contributed by atoms with van der Waals surface area (Å²) < 4.78 is 4.89. The number of amides is 1. The molecule has 4 rings (SSSR count). The fraction of sp³-hybridized carbons (Fsp3) is 0.136. The van der Waals surface area contributed by atoms with E-state index < -0.39 is 17.9 Å². The van der Waals surface area contributed by atoms with Crippen molar-refractivity contribution in [2.24, 2.45) is 0 Å². The number of ether oxygens (including phenoxy) is 1. The van der Waals surface area contributed by atoms with Crippen molar-refractivity contribution in [1.82, 2.24) is 15.2 Å². The highest BCUT2D eigenvalue weighted by Gasteiger charge is 2.22. The van der Waals surface area contributed by atoms with E-state index in [1.165, 1.54) is 13.2 Å². The molecule has 33 heavy (non-hydrogen) atoms. The van der Waals surface area contributed by atoms with Gasteiger partial charge in [-0.15, -0.1) is 22.6 Å². The number of halogens is 1. The van der Waals surface area contributed by atoms with Gasteiger partial charge in [-0.05, 0) is 17.7 Å². The van der Waals surface area contributed by atoms with Crippen molar-refractivity contribution in [2.75, 3.05) is 17.7 Å². The number of methoxy groups -OCH3 is 1. The minimum absolute atomic E-state index is 0. The molecule has 2 aromatic carbocycles. The van der Waals surface area contributed by atoms with Crippen LogP contribution in [0.4, 0.5) is 10.3 Å². The number of rotatable bonds is 7. The van der Waals surface area contributed by atoms with E-state index >= 15 is 0 Å². The largest absolute Gasteiger partial charge is 0.505 e. The third-order valence-electron chi connectivity index (χ3n) is 4.70. The number of nitrogens with zero attached hydrogens (tertiary/aromatic N) is 3. The van der Waals surface area contributed by atoms with E-state index in [1.807, 2.05) is 30.3 Å². The molecule has 0 radical (unpaired) electrons. The minimum Gasteiger partial charge on any atom is -0.505 e. The summed E-state index contributed by atoms with van der Waals surface area (Å²) in [5.74, 6) is -1.20. The molecule has 0 fully saturated rings. The van der Waals surface area contributed by atoms with Crippen LogP contribution in [0.2, 0.25) is 0 Å². The van der Waals surface area contributed by atoms with Crippen LogP contribution >= 0.6 is 23.7 Å². The van der Waals surface area contributed by atoms with E-state index in [0.29, 0.717) is 17.1 Å². The smallest absolute Gasteiger partial charge is 0.328 e. The fourth-order valence-electron chi connectivity index (χ4n) is 3.14. The maximum absolute atomic E-state index is 12.7. The van der Waals surface area contributed by atoms with Gasteiger partial charge in [-0.25, -0.2) is 4.79 Å². The number of carbonyl (C=O) groups is 2. The second kappa shape index (κ2) is 10.7. The van der Waals surface area contributed by atoms with Gasteiger partial charge in [-0.1, -0.05) is 53.8 Å². The van der Waals surface area contributed by atoms with Crippen LogP contribution in [0, 0.1) is 0 Å². The Bertz CT molecular complexity index is 1270. The summed E-state index contributed by atoms with van der Waals surface area (Å²) in [6.07, 6.45) is 1.94. The van der Waals surface area contributed by atoms with Crippen LogP contribution in [-0.4, -0.2) is 45.3 Å². The molecule has 0 saturated carbocycles. The number of carbonyl (C=O) groups excluding carboxylic acids is 2. The minimum atomic E-state index is -0.672. The molecule has 170 valence electrons. The van der Waals surface area contributed by atoms with Crippen molar-refractivity contribution in [3.63, 3.8) is 0 Å². The molecule has 0 aliphatic rings. The van der Waals surface area contributed by atoms with Crippen molar-refractivity contribution in [2.45, 2.75) is 12.5 Å². The predicted octanol–water partition coefficient (Wildman–Crippen LogP) is 3.66. The van der Waals surface area contributed by atoms with Crippen molar-refractivity contribution in [1.29, 1.82) is 0 Å². The van der Waals surface area contributed by atoms with Crippen molar-refractivity contribution < 1.29 is 19.4 Å². The lowest BCUT2D eigenvalue weighted by molar-refractivity contribution is -0.141. The third-order valence-corrected chi connectivity index (χ3v) is 5.47. The Labute approximate surface area is 199 Å². The fourth-order valence-corrected chi connectivity index (χ4v) is 3.84. The van der Waals surface area contributed by atoms with Crippen molar-refractivity contribution in [3.05, 3.63) is 71.9 Å². The van der Waals surface area contributed by atoms with Gasteiger partial charge in [0.1, 0.15) is 11.6 Å². The highest BCUT2D eigenvalue weighted by Crippen LogP contribution is 2.28. The van der Waals surface area contributed by atoms with Crippen LogP contribution < -0.4 is 10.6 Å². The molecule has 2 heterocycles. The topological polar surface area (TPSA) is 126 Å². The molecule has 0 aliphatic carbocycles. The highest BCUT2D eigenvalue weighted by atomic mass is 35.5. The number of phenolic OH excluding ortho intramolecular Hbond substituents is 1. The first-order chi connectivity index (χ1) is 15.5. The van der Waals surface area contributed by atoms with Gasteiger partial charge < -0.3 is 15.2 Å². The van der Waals surface area contributed by atoms with Crippen LogP contribution in [0.25, 0.3) is 10.9 Å². The average molecular weight is 486 g/mol. The molecule has 3 N–H and O–H groups in total. The van der Waals surface area contributed by atoms with E-state index in [1.54, 1.807) is 24.4 Å². The summed E-state index contributed by atoms with van der Waals surface area (Å²) in [7, 11) is 1.32. The monoisotopic (exact) mass is 485 g/mol. The van der Waals surface area contributed by atoms with Crippen LogP contribution in [0.1, 0.15) is 15.9 Å². The van der Waals surface area contributed by atoms with Gasteiger partial charge in [-0.3, -0.25) is 15.1 Å². The Morgan fingerprint density at radius 3 is 2.58 bits per heavy atom. The van der Waals surface area contributed by atoms with Crippen molar-refractivity contribution in [3.8, 4) is 5.75 Å². The summed E-state index contributed by atoms with van der Waals surface area (Å²) in [4.78, 5) is 29.0. The number of nitrogens with one attached hydrogen (secondary N) is 2. The number of pyridine rings is 1. The van der Waals surface area contributed by atoms with Gasteiger partial charge in [-0.2, -0.15) is 0 Å². The van der Waals surface area contributed by atoms with Gasteiger partial charge in [0.25, 0.3) is 5.91 Å². The Balaban J connectivity index is 0.00000306. The number of anilines is 2. The second-order valence-electron chi connectivity index (χ2n) is 6.81. The quantitative estimate of drug-likeness (QED) is 0.338. The Morgan fingerprint density at radius 2 is 1.82 bits per heavy atom. The first kappa shape index (κ1) is 23.9. The predicted molar refractivity (Wildman–Crippen MR) is 128 cm³/mol. The molecule has 11 heteroatoms. The highest BCUT2D eigenvalue weighted by molar-refractivity contribution is 7.19. The van der Waals surface area contributed by atoms with E-state index in [9.17, 15) is 14.7 Å². The zero-order chi connectivity index (χ0) is 22.5. The van der Waals surface area contributed by atoms with Gasteiger partial charge in [0.15, 0.2) is 5.75 Å². The van der Waals surface area contributed by atoms with Gasteiger partial charge in [0.05, 0.1) is 12.7 Å².